The molecule has 1 aromatic carbocycles. The number of rotatable bonds is 2. The Balaban J connectivity index is 1.83. The highest BCUT2D eigenvalue weighted by molar-refractivity contribution is 5.31. The predicted octanol–water partition coefficient (Wildman–Crippen LogP) is 3.80. The minimum absolute atomic E-state index is 0.0602. The number of hydrogen-bond acceptors (Lipinski definition) is 2. The van der Waals surface area contributed by atoms with Crippen LogP contribution in [0.5, 0.6) is 0 Å². The lowest BCUT2D eigenvalue weighted by atomic mass is 9.91. The van der Waals surface area contributed by atoms with Crippen LogP contribution in [0.3, 0.4) is 0 Å². The Morgan fingerprint density at radius 3 is 2.14 bits per heavy atom. The normalized spacial score (nSPS) is 32.9. The summed E-state index contributed by atoms with van der Waals surface area (Å²) in [7, 11) is 0. The third kappa shape index (κ3) is 2.42. The highest BCUT2D eigenvalue weighted by Gasteiger charge is 2.72. The molecule has 0 radical (unpaired) electrons. The van der Waals surface area contributed by atoms with E-state index in [1.807, 2.05) is 0 Å². The smallest absolute Gasteiger partial charge is 0.219 e. The molecule has 116 valence electrons. The zero-order chi connectivity index (χ0) is 15.3. The summed E-state index contributed by atoms with van der Waals surface area (Å²) < 4.78 is 66.8. The number of benzene rings is 1. The lowest BCUT2D eigenvalue weighted by Gasteiger charge is -2.30. The monoisotopic (exact) mass is 306 g/mol. The van der Waals surface area contributed by atoms with Crippen LogP contribution in [0, 0.1) is 0 Å². The first-order chi connectivity index (χ1) is 9.76. The van der Waals surface area contributed by atoms with Crippen LogP contribution < -0.4 is 5.43 Å². The summed E-state index contributed by atoms with van der Waals surface area (Å²) in [6.07, 6.45) is -5.11. The summed E-state index contributed by atoms with van der Waals surface area (Å²) in [5.74, 6) is -2.75. The van der Waals surface area contributed by atoms with E-state index in [1.54, 1.807) is 6.07 Å². The highest BCUT2D eigenvalue weighted by atomic mass is 19.4. The topological polar surface area (TPSA) is 25.0 Å². The number of alkyl halides is 5. The van der Waals surface area contributed by atoms with Crippen molar-refractivity contribution in [1.29, 1.82) is 0 Å². The summed E-state index contributed by atoms with van der Waals surface area (Å²) in [6.45, 7) is 0. The molecule has 2 fully saturated rings. The van der Waals surface area contributed by atoms with Gasteiger partial charge in [0.05, 0.1) is 0 Å². The van der Waals surface area contributed by atoms with Crippen molar-refractivity contribution >= 4 is 0 Å². The van der Waals surface area contributed by atoms with Gasteiger partial charge in [0, 0.05) is 18.9 Å². The van der Waals surface area contributed by atoms with Gasteiger partial charge in [0.15, 0.2) is 0 Å². The number of hydrogen-bond donors (Lipinski definition) is 1. The molecule has 2 atom stereocenters. The second-order valence-corrected chi connectivity index (χ2v) is 5.64. The Morgan fingerprint density at radius 1 is 1.05 bits per heavy atom. The Morgan fingerprint density at radius 2 is 1.62 bits per heavy atom. The van der Waals surface area contributed by atoms with E-state index in [-0.39, 0.29) is 31.2 Å². The quantitative estimate of drug-likeness (QED) is 0.664. The van der Waals surface area contributed by atoms with Gasteiger partial charge in [0.2, 0.25) is 11.6 Å². The van der Waals surface area contributed by atoms with Crippen molar-refractivity contribution < 1.29 is 22.0 Å². The van der Waals surface area contributed by atoms with Crippen LogP contribution in [0.1, 0.15) is 31.2 Å². The van der Waals surface area contributed by atoms with Crippen molar-refractivity contribution in [3.63, 3.8) is 0 Å². The molecule has 1 saturated heterocycles. The number of nitrogens with zero attached hydrogens (tertiary/aromatic N) is 1. The summed E-state index contributed by atoms with van der Waals surface area (Å²) in [5.41, 5.74) is 0.261. The molecule has 1 saturated carbocycles. The van der Waals surface area contributed by atoms with Crippen LogP contribution in [0.2, 0.25) is 0 Å². The van der Waals surface area contributed by atoms with Crippen molar-refractivity contribution in [2.75, 3.05) is 0 Å². The molecule has 21 heavy (non-hydrogen) atoms. The summed E-state index contributed by atoms with van der Waals surface area (Å²) >= 11 is 0. The summed E-state index contributed by atoms with van der Waals surface area (Å²) in [6, 6.07) is 7.00. The fourth-order valence-corrected chi connectivity index (χ4v) is 3.04. The zero-order valence-electron chi connectivity index (χ0n) is 11.1. The van der Waals surface area contributed by atoms with Gasteiger partial charge >= 0.3 is 6.18 Å². The molecule has 0 amide bonds. The minimum Gasteiger partial charge on any atom is -0.219 e. The van der Waals surface area contributed by atoms with Crippen LogP contribution in [-0.2, 0) is 5.66 Å². The third-order valence-corrected chi connectivity index (χ3v) is 4.25. The molecular weight excluding hydrogens is 291 g/mol. The average molecular weight is 306 g/mol. The van der Waals surface area contributed by atoms with Crippen molar-refractivity contribution in [3.8, 4) is 0 Å². The van der Waals surface area contributed by atoms with Gasteiger partial charge in [-0.05, 0) is 18.4 Å². The molecule has 1 aromatic rings. The van der Waals surface area contributed by atoms with Gasteiger partial charge < -0.3 is 0 Å². The van der Waals surface area contributed by atoms with Crippen molar-refractivity contribution in [2.45, 2.75) is 49.5 Å². The summed E-state index contributed by atoms with van der Waals surface area (Å²) in [5, 5.41) is 1.09. The third-order valence-electron chi connectivity index (χ3n) is 4.25. The van der Waals surface area contributed by atoms with Gasteiger partial charge in [-0.25, -0.2) is 19.2 Å². The Bertz CT molecular complexity index is 506. The van der Waals surface area contributed by atoms with Crippen LogP contribution in [0.15, 0.2) is 30.3 Å². The highest BCUT2D eigenvalue weighted by Crippen LogP contribution is 2.53. The molecule has 1 N–H and O–H groups in total. The lowest BCUT2D eigenvalue weighted by molar-refractivity contribution is -0.179. The molecule has 2 nitrogen and oxygen atoms in total. The zero-order valence-corrected chi connectivity index (χ0v) is 11.1. The van der Waals surface area contributed by atoms with E-state index in [0.717, 1.165) is 5.01 Å². The molecule has 2 unspecified atom stereocenters. The van der Waals surface area contributed by atoms with Crippen molar-refractivity contribution in [3.05, 3.63) is 35.9 Å². The van der Waals surface area contributed by atoms with Gasteiger partial charge in [-0.15, -0.1) is 0 Å². The fraction of sp³-hybridized carbons (Fsp3) is 0.571. The molecule has 1 aliphatic heterocycles. The van der Waals surface area contributed by atoms with Gasteiger partial charge in [0.25, 0.3) is 0 Å². The lowest BCUT2D eigenvalue weighted by Crippen LogP contribution is -2.40. The molecule has 1 heterocycles. The van der Waals surface area contributed by atoms with Gasteiger partial charge in [-0.1, -0.05) is 30.3 Å². The Labute approximate surface area is 118 Å². The molecule has 0 spiro atoms. The molecule has 2 aliphatic rings. The van der Waals surface area contributed by atoms with Gasteiger partial charge in [0.1, 0.15) is 0 Å². The Hall–Kier alpha value is -1.21. The van der Waals surface area contributed by atoms with E-state index < -0.39 is 23.8 Å². The molecule has 3 rings (SSSR count). The molecule has 0 bridgehead atoms. The van der Waals surface area contributed by atoms with E-state index in [0.29, 0.717) is 0 Å². The first-order valence-corrected chi connectivity index (χ1v) is 6.83. The maximum absolute atomic E-state index is 13.5. The SMILES string of the molecule is FC1(F)CCC(N2NC2(c2ccccc2)C(F)(F)F)CC1. The van der Waals surface area contributed by atoms with Crippen LogP contribution in [0.25, 0.3) is 0 Å². The van der Waals surface area contributed by atoms with Gasteiger partial charge in [-0.2, -0.15) is 13.2 Å². The van der Waals surface area contributed by atoms with Crippen molar-refractivity contribution in [2.24, 2.45) is 0 Å². The van der Waals surface area contributed by atoms with E-state index in [2.05, 4.69) is 5.43 Å². The van der Waals surface area contributed by atoms with Crippen LogP contribution >= 0.6 is 0 Å². The first-order valence-electron chi connectivity index (χ1n) is 6.83. The summed E-state index contributed by atoms with van der Waals surface area (Å²) in [4.78, 5) is 0. The molecule has 0 aromatic heterocycles. The van der Waals surface area contributed by atoms with Crippen molar-refractivity contribution in [1.82, 2.24) is 10.4 Å². The van der Waals surface area contributed by atoms with Gasteiger partial charge in [-0.3, -0.25) is 0 Å². The minimum atomic E-state index is -4.51. The first kappa shape index (κ1) is 14.7. The van der Waals surface area contributed by atoms with Crippen LogP contribution in [0.4, 0.5) is 22.0 Å². The predicted molar refractivity (Wildman–Crippen MR) is 66.4 cm³/mol. The number of hydrazine groups is 1. The second kappa shape index (κ2) is 4.64. The van der Waals surface area contributed by atoms with E-state index in [4.69, 9.17) is 0 Å². The largest absolute Gasteiger partial charge is 0.426 e. The van der Waals surface area contributed by atoms with Crippen LogP contribution in [-0.4, -0.2) is 23.1 Å². The molecule has 1 aliphatic carbocycles. The fourth-order valence-electron chi connectivity index (χ4n) is 3.04. The molecule has 7 heteroatoms. The molecular formula is C14H15F5N2. The second-order valence-electron chi connectivity index (χ2n) is 5.64. The maximum Gasteiger partial charge on any atom is 0.426 e. The average Bonchev–Trinajstić information content (AvgIpc) is 3.16. The van der Waals surface area contributed by atoms with E-state index >= 15 is 0 Å². The maximum atomic E-state index is 13.5. The standard InChI is InChI=1S/C14H15F5N2/c15-12(16)8-6-11(7-9-12)21-13(20-21,14(17,18)19)10-4-2-1-3-5-10/h1-5,11,20H,6-9H2. The Kier molecular flexibility index (Phi) is 3.25. The van der Waals surface area contributed by atoms with E-state index in [9.17, 15) is 22.0 Å². The number of halogens is 5. The van der Waals surface area contributed by atoms with E-state index in [1.165, 1.54) is 24.3 Å². The number of nitrogens with one attached hydrogen (secondary N) is 1.